The van der Waals surface area contributed by atoms with E-state index in [-0.39, 0.29) is 17.7 Å². The zero-order valence-electron chi connectivity index (χ0n) is 15.3. The number of aromatic nitrogens is 3. The molecule has 0 spiro atoms. The van der Waals surface area contributed by atoms with Crippen molar-refractivity contribution >= 4 is 23.8 Å². The van der Waals surface area contributed by atoms with Crippen LogP contribution in [0.25, 0.3) is 11.4 Å². The van der Waals surface area contributed by atoms with Crippen molar-refractivity contribution in [2.45, 2.75) is 32.1 Å². The first-order valence-corrected chi connectivity index (χ1v) is 9.80. The highest BCUT2D eigenvalue weighted by molar-refractivity contribution is 7.71. The van der Waals surface area contributed by atoms with Gasteiger partial charge in [0.1, 0.15) is 11.6 Å². The summed E-state index contributed by atoms with van der Waals surface area (Å²) < 4.78 is 32.6. The fourth-order valence-corrected chi connectivity index (χ4v) is 3.79. The SMILES string of the molecule is CN(Cc1c(F)cccc1Cl)Cn1nc(-c2ccccc2F)n(C2CC2)c1=S. The minimum Gasteiger partial charge on any atom is -0.297 e. The lowest BCUT2D eigenvalue weighted by molar-refractivity contribution is 0.241. The van der Waals surface area contributed by atoms with Crippen LogP contribution in [0.5, 0.6) is 0 Å². The van der Waals surface area contributed by atoms with Gasteiger partial charge in [0, 0.05) is 23.2 Å². The molecule has 0 N–H and O–H groups in total. The normalized spacial score (nSPS) is 14.0. The van der Waals surface area contributed by atoms with Crippen LogP contribution in [0, 0.1) is 16.4 Å². The van der Waals surface area contributed by atoms with Gasteiger partial charge in [-0.25, -0.2) is 13.5 Å². The maximum atomic E-state index is 14.4. The molecule has 2 aromatic carbocycles. The Kier molecular flexibility index (Phi) is 5.31. The molecule has 0 saturated heterocycles. The van der Waals surface area contributed by atoms with Crippen molar-refractivity contribution in [2.24, 2.45) is 0 Å². The Balaban J connectivity index is 1.65. The summed E-state index contributed by atoms with van der Waals surface area (Å²) in [5.41, 5.74) is 0.855. The fourth-order valence-electron chi connectivity index (χ4n) is 3.23. The molecule has 1 aromatic heterocycles. The number of nitrogens with zero attached hydrogens (tertiary/aromatic N) is 4. The average molecular weight is 421 g/mol. The number of rotatable bonds is 6. The van der Waals surface area contributed by atoms with Gasteiger partial charge in [-0.05, 0) is 56.4 Å². The Labute approximate surface area is 172 Å². The molecule has 3 aromatic rings. The third kappa shape index (κ3) is 3.74. The number of halogens is 3. The molecule has 0 aliphatic heterocycles. The molecule has 1 saturated carbocycles. The Morgan fingerprint density at radius 3 is 2.54 bits per heavy atom. The number of hydrogen-bond donors (Lipinski definition) is 0. The van der Waals surface area contributed by atoms with Gasteiger partial charge in [0.15, 0.2) is 10.6 Å². The van der Waals surface area contributed by atoms with Crippen molar-refractivity contribution in [3.8, 4) is 11.4 Å². The molecule has 1 heterocycles. The van der Waals surface area contributed by atoms with Crippen LogP contribution < -0.4 is 0 Å². The monoisotopic (exact) mass is 420 g/mol. The third-order valence-corrected chi connectivity index (χ3v) is 5.52. The first-order valence-electron chi connectivity index (χ1n) is 9.01. The molecule has 4 rings (SSSR count). The van der Waals surface area contributed by atoms with Crippen molar-refractivity contribution in [1.29, 1.82) is 0 Å². The van der Waals surface area contributed by atoms with Gasteiger partial charge in [0.05, 0.1) is 12.2 Å². The maximum absolute atomic E-state index is 14.4. The van der Waals surface area contributed by atoms with E-state index in [1.54, 1.807) is 35.0 Å². The smallest absolute Gasteiger partial charge is 0.199 e. The largest absolute Gasteiger partial charge is 0.297 e. The second-order valence-corrected chi connectivity index (χ2v) is 7.81. The molecule has 1 fully saturated rings. The quantitative estimate of drug-likeness (QED) is 0.497. The van der Waals surface area contributed by atoms with E-state index >= 15 is 0 Å². The molecule has 1 aliphatic rings. The van der Waals surface area contributed by atoms with E-state index in [4.69, 9.17) is 23.8 Å². The topological polar surface area (TPSA) is 26.0 Å². The molecule has 146 valence electrons. The minimum absolute atomic E-state index is 0.252. The van der Waals surface area contributed by atoms with Crippen LogP contribution in [0.1, 0.15) is 24.4 Å². The van der Waals surface area contributed by atoms with Gasteiger partial charge in [0.25, 0.3) is 0 Å². The summed E-state index contributed by atoms with van der Waals surface area (Å²) in [7, 11) is 1.84. The van der Waals surface area contributed by atoms with Gasteiger partial charge in [-0.3, -0.25) is 9.47 Å². The van der Waals surface area contributed by atoms with Crippen molar-refractivity contribution in [2.75, 3.05) is 7.05 Å². The highest BCUT2D eigenvalue weighted by atomic mass is 35.5. The predicted octanol–water partition coefficient (Wildman–Crippen LogP) is 5.44. The summed E-state index contributed by atoms with van der Waals surface area (Å²) in [5.74, 6) is -0.149. The Bertz CT molecular complexity index is 1050. The summed E-state index contributed by atoms with van der Waals surface area (Å²) in [5, 5.41) is 4.98. The van der Waals surface area contributed by atoms with Crippen LogP contribution in [-0.2, 0) is 13.2 Å². The summed E-state index contributed by atoms with van der Waals surface area (Å²) >= 11 is 11.8. The Hall–Kier alpha value is -2.09. The first kappa shape index (κ1) is 19.2. The average Bonchev–Trinajstić information content (AvgIpc) is 3.44. The van der Waals surface area contributed by atoms with Gasteiger partial charge in [-0.2, -0.15) is 5.10 Å². The number of hydrogen-bond acceptors (Lipinski definition) is 3. The summed E-state index contributed by atoms with van der Waals surface area (Å²) in [6.07, 6.45) is 2.00. The lowest BCUT2D eigenvalue weighted by Gasteiger charge is -2.17. The zero-order valence-corrected chi connectivity index (χ0v) is 16.9. The molecule has 0 amide bonds. The van der Waals surface area contributed by atoms with E-state index < -0.39 is 0 Å². The van der Waals surface area contributed by atoms with Crippen LogP contribution in [-0.4, -0.2) is 26.3 Å². The van der Waals surface area contributed by atoms with E-state index in [2.05, 4.69) is 5.10 Å². The molecule has 0 radical (unpaired) electrons. The van der Waals surface area contributed by atoms with Gasteiger partial charge >= 0.3 is 0 Å². The molecule has 0 unspecified atom stereocenters. The summed E-state index contributed by atoms with van der Waals surface area (Å²) in [4.78, 5) is 1.87. The molecule has 8 heteroatoms. The van der Waals surface area contributed by atoms with E-state index in [0.717, 1.165) is 12.8 Å². The first-order chi connectivity index (χ1) is 13.5. The van der Waals surface area contributed by atoms with Crippen LogP contribution >= 0.6 is 23.8 Å². The molecular weight excluding hydrogens is 402 g/mol. The van der Waals surface area contributed by atoms with Gasteiger partial charge in [-0.1, -0.05) is 29.8 Å². The lowest BCUT2D eigenvalue weighted by atomic mass is 10.2. The standard InChI is InChI=1S/C20H19ClF2N4S/c1-25(11-15-16(21)6-4-8-18(15)23)12-26-20(28)27(13-9-10-13)19(24-26)14-5-2-3-7-17(14)22/h2-8,13H,9-12H2,1H3. The van der Waals surface area contributed by atoms with Crippen LogP contribution in [0.4, 0.5) is 8.78 Å². The van der Waals surface area contributed by atoms with Crippen LogP contribution in [0.3, 0.4) is 0 Å². The molecule has 28 heavy (non-hydrogen) atoms. The minimum atomic E-state index is -0.349. The lowest BCUT2D eigenvalue weighted by Crippen LogP contribution is -2.23. The molecular formula is C20H19ClF2N4S. The molecule has 0 bridgehead atoms. The van der Waals surface area contributed by atoms with E-state index in [1.165, 1.54) is 12.1 Å². The van der Waals surface area contributed by atoms with E-state index in [1.807, 2.05) is 16.5 Å². The third-order valence-electron chi connectivity index (χ3n) is 4.76. The Morgan fingerprint density at radius 1 is 1.14 bits per heavy atom. The van der Waals surface area contributed by atoms with Crippen molar-refractivity contribution in [1.82, 2.24) is 19.2 Å². The highest BCUT2D eigenvalue weighted by Gasteiger charge is 2.30. The maximum Gasteiger partial charge on any atom is 0.199 e. The van der Waals surface area contributed by atoms with Crippen molar-refractivity contribution < 1.29 is 8.78 Å². The van der Waals surface area contributed by atoms with Crippen molar-refractivity contribution in [3.63, 3.8) is 0 Å². The number of benzene rings is 2. The van der Waals surface area contributed by atoms with Gasteiger partial charge < -0.3 is 0 Å². The Morgan fingerprint density at radius 2 is 1.86 bits per heavy atom. The fraction of sp³-hybridized carbons (Fsp3) is 0.300. The molecule has 1 aliphatic carbocycles. The van der Waals surface area contributed by atoms with Gasteiger partial charge in [-0.15, -0.1) is 0 Å². The molecule has 4 nitrogen and oxygen atoms in total. The zero-order chi connectivity index (χ0) is 19.8. The summed E-state index contributed by atoms with van der Waals surface area (Å²) in [6.45, 7) is 0.642. The molecule has 0 atom stereocenters. The highest BCUT2D eigenvalue weighted by Crippen LogP contribution is 2.39. The van der Waals surface area contributed by atoms with Gasteiger partial charge in [0.2, 0.25) is 0 Å². The van der Waals surface area contributed by atoms with E-state index in [0.29, 0.717) is 40.0 Å². The predicted molar refractivity (Wildman–Crippen MR) is 108 cm³/mol. The van der Waals surface area contributed by atoms with Crippen LogP contribution in [0.2, 0.25) is 5.02 Å². The second-order valence-electron chi connectivity index (χ2n) is 7.04. The van der Waals surface area contributed by atoms with Crippen molar-refractivity contribution in [3.05, 3.63) is 69.5 Å². The van der Waals surface area contributed by atoms with Crippen LogP contribution in [0.15, 0.2) is 42.5 Å². The van der Waals surface area contributed by atoms with E-state index in [9.17, 15) is 8.78 Å². The summed E-state index contributed by atoms with van der Waals surface area (Å²) in [6, 6.07) is 11.4. The second kappa shape index (κ2) is 7.73.